The number of sulfone groups is 1. The summed E-state index contributed by atoms with van der Waals surface area (Å²) in [6.07, 6.45) is 0.404. The maximum absolute atomic E-state index is 13.3. The van der Waals surface area contributed by atoms with Crippen molar-refractivity contribution in [3.05, 3.63) is 48.5 Å². The third-order valence-electron chi connectivity index (χ3n) is 5.63. The van der Waals surface area contributed by atoms with Crippen LogP contribution in [-0.4, -0.2) is 62.7 Å². The lowest BCUT2D eigenvalue weighted by molar-refractivity contribution is -0.118. The Kier molecular flexibility index (Phi) is 9.44. The highest BCUT2D eigenvalue weighted by Crippen LogP contribution is 2.32. The van der Waals surface area contributed by atoms with Gasteiger partial charge in [0, 0.05) is 19.5 Å². The van der Waals surface area contributed by atoms with E-state index in [1.807, 2.05) is 25.1 Å². The topological polar surface area (TPSA) is 79.8 Å². The van der Waals surface area contributed by atoms with Crippen LogP contribution in [0.4, 0.5) is 5.13 Å². The van der Waals surface area contributed by atoms with Crippen LogP contribution in [0.5, 0.6) is 5.75 Å². The summed E-state index contributed by atoms with van der Waals surface area (Å²) in [6.45, 7) is 9.72. The zero-order valence-electron chi connectivity index (χ0n) is 20.1. The lowest BCUT2D eigenvalue weighted by atomic mass is 10.3. The van der Waals surface area contributed by atoms with Crippen molar-refractivity contribution in [1.29, 1.82) is 0 Å². The average Bonchev–Trinajstić information content (AvgIpc) is 3.25. The molecule has 0 saturated heterocycles. The number of hydrogen-bond acceptors (Lipinski definition) is 7. The molecule has 7 nitrogen and oxygen atoms in total. The maximum atomic E-state index is 13.3. The molecule has 9 heteroatoms. The minimum atomic E-state index is -3.42. The van der Waals surface area contributed by atoms with E-state index >= 15 is 0 Å². The molecule has 3 rings (SSSR count). The van der Waals surface area contributed by atoms with Gasteiger partial charge in [-0.25, -0.2) is 13.4 Å². The van der Waals surface area contributed by atoms with E-state index < -0.39 is 9.84 Å². The highest BCUT2D eigenvalue weighted by atomic mass is 32.2. The SMILES string of the molecule is CCOc1ccc2nc(N(CCN(CC)CC)C(=O)CCCS(=O)(=O)c3ccccc3)sc2c1. The predicted octanol–water partition coefficient (Wildman–Crippen LogP) is 4.62. The molecule has 184 valence electrons. The van der Waals surface area contributed by atoms with Crippen LogP contribution in [0, 0.1) is 0 Å². The molecule has 0 saturated carbocycles. The average molecular weight is 504 g/mol. The number of anilines is 1. The van der Waals surface area contributed by atoms with Crippen LogP contribution in [0.1, 0.15) is 33.6 Å². The Labute approximate surface area is 206 Å². The second kappa shape index (κ2) is 12.3. The number of ether oxygens (including phenoxy) is 1. The summed E-state index contributed by atoms with van der Waals surface area (Å²) in [6, 6.07) is 14.1. The maximum Gasteiger partial charge on any atom is 0.228 e. The number of nitrogens with zero attached hydrogens (tertiary/aromatic N) is 3. The summed E-state index contributed by atoms with van der Waals surface area (Å²) in [5, 5.41) is 0.631. The first-order valence-electron chi connectivity index (χ1n) is 11.7. The second-order valence-electron chi connectivity index (χ2n) is 7.87. The number of amides is 1. The number of benzene rings is 2. The van der Waals surface area contributed by atoms with Crippen LogP contribution in [0.3, 0.4) is 0 Å². The van der Waals surface area contributed by atoms with Gasteiger partial charge in [0.05, 0.1) is 27.5 Å². The fourth-order valence-electron chi connectivity index (χ4n) is 3.67. The van der Waals surface area contributed by atoms with Crippen molar-refractivity contribution >= 4 is 42.4 Å². The first kappa shape index (κ1) is 26.1. The number of rotatable bonds is 13. The summed E-state index contributed by atoms with van der Waals surface area (Å²) in [5.74, 6) is 0.598. The van der Waals surface area contributed by atoms with Gasteiger partial charge < -0.3 is 9.64 Å². The molecule has 0 radical (unpaired) electrons. The third kappa shape index (κ3) is 6.77. The van der Waals surface area contributed by atoms with Crippen LogP contribution >= 0.6 is 11.3 Å². The van der Waals surface area contributed by atoms with Crippen molar-refractivity contribution in [1.82, 2.24) is 9.88 Å². The largest absolute Gasteiger partial charge is 0.494 e. The van der Waals surface area contributed by atoms with E-state index in [-0.39, 0.29) is 29.4 Å². The van der Waals surface area contributed by atoms with Crippen molar-refractivity contribution in [2.24, 2.45) is 0 Å². The molecule has 1 aromatic heterocycles. The van der Waals surface area contributed by atoms with E-state index in [2.05, 4.69) is 18.7 Å². The van der Waals surface area contributed by atoms with Gasteiger partial charge in [-0.15, -0.1) is 0 Å². The van der Waals surface area contributed by atoms with Crippen molar-refractivity contribution in [2.45, 2.75) is 38.5 Å². The lowest BCUT2D eigenvalue weighted by Gasteiger charge is -2.24. The lowest BCUT2D eigenvalue weighted by Crippen LogP contribution is -2.38. The van der Waals surface area contributed by atoms with Crippen molar-refractivity contribution in [3.63, 3.8) is 0 Å². The van der Waals surface area contributed by atoms with E-state index in [0.29, 0.717) is 18.3 Å². The van der Waals surface area contributed by atoms with Gasteiger partial charge in [-0.2, -0.15) is 0 Å². The molecule has 0 aliphatic carbocycles. The molecule has 0 spiro atoms. The second-order valence-corrected chi connectivity index (χ2v) is 11.0. The highest BCUT2D eigenvalue weighted by molar-refractivity contribution is 7.91. The Balaban J connectivity index is 1.75. The van der Waals surface area contributed by atoms with Crippen molar-refractivity contribution < 1.29 is 17.9 Å². The molecule has 0 fully saturated rings. The van der Waals surface area contributed by atoms with Crippen LogP contribution in [0.25, 0.3) is 10.2 Å². The summed E-state index contributed by atoms with van der Waals surface area (Å²) >= 11 is 1.45. The summed E-state index contributed by atoms with van der Waals surface area (Å²) in [7, 11) is -3.42. The molecule has 0 aliphatic heterocycles. The predicted molar refractivity (Wildman–Crippen MR) is 139 cm³/mol. The summed E-state index contributed by atoms with van der Waals surface area (Å²) < 4.78 is 31.7. The molecule has 1 heterocycles. The van der Waals surface area contributed by atoms with E-state index in [9.17, 15) is 13.2 Å². The quantitative estimate of drug-likeness (QED) is 0.339. The normalized spacial score (nSPS) is 11.8. The van der Waals surface area contributed by atoms with Gasteiger partial charge in [0.15, 0.2) is 15.0 Å². The van der Waals surface area contributed by atoms with Crippen LogP contribution in [0.2, 0.25) is 0 Å². The number of likely N-dealkylation sites (N-methyl/N-ethyl adjacent to an activating group) is 1. The molecule has 34 heavy (non-hydrogen) atoms. The zero-order valence-corrected chi connectivity index (χ0v) is 21.7. The van der Waals surface area contributed by atoms with E-state index in [4.69, 9.17) is 9.72 Å². The van der Waals surface area contributed by atoms with E-state index in [1.165, 1.54) is 11.3 Å². The number of fused-ring (bicyclic) bond motifs is 1. The molecule has 1 amide bonds. The molecule has 0 N–H and O–H groups in total. The van der Waals surface area contributed by atoms with Gasteiger partial charge in [0.1, 0.15) is 5.75 Å². The van der Waals surface area contributed by atoms with E-state index in [0.717, 1.165) is 35.6 Å². The number of carbonyl (C=O) groups is 1. The first-order chi connectivity index (χ1) is 16.4. The minimum Gasteiger partial charge on any atom is -0.494 e. The molecule has 0 unspecified atom stereocenters. The fraction of sp³-hybridized carbons (Fsp3) is 0.440. The minimum absolute atomic E-state index is 0.0653. The van der Waals surface area contributed by atoms with Gasteiger partial charge in [-0.05, 0) is 56.8 Å². The Morgan fingerprint density at radius 3 is 2.44 bits per heavy atom. The van der Waals surface area contributed by atoms with Crippen LogP contribution in [0.15, 0.2) is 53.4 Å². The number of carbonyl (C=O) groups excluding carboxylic acids is 1. The van der Waals surface area contributed by atoms with Crippen molar-refractivity contribution in [2.75, 3.05) is 43.4 Å². The Bertz CT molecular complexity index is 1180. The van der Waals surface area contributed by atoms with Crippen LogP contribution < -0.4 is 9.64 Å². The van der Waals surface area contributed by atoms with Gasteiger partial charge in [0.2, 0.25) is 5.91 Å². The van der Waals surface area contributed by atoms with E-state index in [1.54, 1.807) is 35.2 Å². The Hall–Kier alpha value is -2.49. The Morgan fingerprint density at radius 1 is 1.03 bits per heavy atom. The summed E-state index contributed by atoms with van der Waals surface area (Å²) in [5.41, 5.74) is 0.816. The summed E-state index contributed by atoms with van der Waals surface area (Å²) in [4.78, 5) is 22.2. The third-order valence-corrected chi connectivity index (χ3v) is 8.49. The van der Waals surface area contributed by atoms with Crippen LogP contribution in [-0.2, 0) is 14.6 Å². The highest BCUT2D eigenvalue weighted by Gasteiger charge is 2.22. The number of aromatic nitrogens is 1. The smallest absolute Gasteiger partial charge is 0.228 e. The molecule has 2 aromatic carbocycles. The molecule has 3 aromatic rings. The van der Waals surface area contributed by atoms with Crippen molar-refractivity contribution in [3.8, 4) is 5.75 Å². The van der Waals surface area contributed by atoms with Gasteiger partial charge in [-0.3, -0.25) is 9.69 Å². The number of thiazole rings is 1. The molecule has 0 atom stereocenters. The van der Waals surface area contributed by atoms with Gasteiger partial charge in [0.25, 0.3) is 0 Å². The van der Waals surface area contributed by atoms with Gasteiger partial charge >= 0.3 is 0 Å². The molecular formula is C25H33N3O4S2. The Morgan fingerprint density at radius 2 is 1.76 bits per heavy atom. The number of hydrogen-bond donors (Lipinski definition) is 0. The van der Waals surface area contributed by atoms with Gasteiger partial charge in [-0.1, -0.05) is 43.4 Å². The molecule has 0 bridgehead atoms. The monoisotopic (exact) mass is 503 g/mol. The first-order valence-corrected chi connectivity index (χ1v) is 14.2. The standard InChI is InChI=1S/C25H33N3O4S2/c1-4-27(5-2)16-17-28(25-26-22-15-14-20(32-6-3)19-23(22)33-25)24(29)13-10-18-34(30,31)21-11-8-7-9-12-21/h7-9,11-12,14-15,19H,4-6,10,13,16-18H2,1-3H3. The molecule has 0 aliphatic rings. The zero-order chi connectivity index (χ0) is 24.6. The molecular weight excluding hydrogens is 470 g/mol. The fourth-order valence-corrected chi connectivity index (χ4v) is 6.04.